The molecule has 2 aliphatic rings. The number of benzene rings is 1. The molecule has 2 heterocycles. The Hall–Kier alpha value is -2.30. The number of carbonyl (C=O) groups is 1. The average Bonchev–Trinajstić information content (AvgIpc) is 2.95. The Bertz CT molecular complexity index is 731. The molecule has 0 unspecified atom stereocenters. The Morgan fingerprint density at radius 3 is 2.96 bits per heavy atom. The SMILES string of the molecule is CCCCN1CC[C@@H](CNC(=O)c2cc(C#N)cc3c2OCCCO3)[C@H](O)C1. The summed E-state index contributed by atoms with van der Waals surface area (Å²) in [6.45, 7) is 6.12. The predicted octanol–water partition coefficient (Wildman–Crippen LogP) is 1.93. The number of likely N-dealkylation sites (tertiary alicyclic amines) is 1. The van der Waals surface area contributed by atoms with E-state index in [0.717, 1.165) is 38.8 Å². The number of nitrogens with one attached hydrogen (secondary N) is 1. The third-order valence-corrected chi connectivity index (χ3v) is 5.38. The van der Waals surface area contributed by atoms with Crippen molar-refractivity contribution in [3.05, 3.63) is 23.3 Å². The lowest BCUT2D eigenvalue weighted by molar-refractivity contribution is 0.0217. The largest absolute Gasteiger partial charge is 0.489 e. The van der Waals surface area contributed by atoms with E-state index in [9.17, 15) is 15.2 Å². The van der Waals surface area contributed by atoms with Crippen LogP contribution >= 0.6 is 0 Å². The number of hydrogen-bond donors (Lipinski definition) is 2. The van der Waals surface area contributed by atoms with Gasteiger partial charge in [0.2, 0.25) is 0 Å². The maximum Gasteiger partial charge on any atom is 0.255 e. The van der Waals surface area contributed by atoms with Crippen LogP contribution in [0.2, 0.25) is 0 Å². The Morgan fingerprint density at radius 1 is 1.39 bits per heavy atom. The molecule has 2 N–H and O–H groups in total. The van der Waals surface area contributed by atoms with Gasteiger partial charge in [0.05, 0.1) is 36.5 Å². The zero-order valence-electron chi connectivity index (χ0n) is 16.4. The number of aliphatic hydroxyl groups excluding tert-OH is 1. The average molecular weight is 387 g/mol. The van der Waals surface area contributed by atoms with Crippen LogP contribution < -0.4 is 14.8 Å². The van der Waals surface area contributed by atoms with Crippen molar-refractivity contribution < 1.29 is 19.4 Å². The number of amides is 1. The van der Waals surface area contributed by atoms with Gasteiger partial charge >= 0.3 is 0 Å². The van der Waals surface area contributed by atoms with Crippen molar-refractivity contribution in [1.29, 1.82) is 5.26 Å². The first-order chi connectivity index (χ1) is 13.6. The summed E-state index contributed by atoms with van der Waals surface area (Å²) in [4.78, 5) is 15.1. The standard InChI is InChI=1S/C21H29N3O4/c1-2-3-6-24-7-5-16(18(25)14-24)13-23-21(26)17-10-15(12-22)11-19-20(17)28-9-4-8-27-19/h10-11,16,18,25H,2-9,13-14H2,1H3,(H,23,26)/t16-,18+/m0/s1. The van der Waals surface area contributed by atoms with E-state index in [0.29, 0.717) is 48.9 Å². The lowest BCUT2D eigenvalue weighted by atomic mass is 9.93. The van der Waals surface area contributed by atoms with Gasteiger partial charge in [-0.2, -0.15) is 5.26 Å². The van der Waals surface area contributed by atoms with E-state index in [-0.39, 0.29) is 11.8 Å². The minimum Gasteiger partial charge on any atom is -0.489 e. The minimum absolute atomic E-state index is 0.0248. The van der Waals surface area contributed by atoms with Crippen LogP contribution in [0.3, 0.4) is 0 Å². The van der Waals surface area contributed by atoms with Crippen molar-refractivity contribution in [3.8, 4) is 17.6 Å². The van der Waals surface area contributed by atoms with Crippen LogP contribution in [0.15, 0.2) is 12.1 Å². The molecule has 0 aliphatic carbocycles. The first-order valence-electron chi connectivity index (χ1n) is 10.1. The second-order valence-corrected chi connectivity index (χ2v) is 7.49. The first-order valence-corrected chi connectivity index (χ1v) is 10.1. The molecule has 152 valence electrons. The van der Waals surface area contributed by atoms with E-state index in [2.05, 4.69) is 23.2 Å². The van der Waals surface area contributed by atoms with Crippen LogP contribution in [0.5, 0.6) is 11.5 Å². The monoisotopic (exact) mass is 387 g/mol. The summed E-state index contributed by atoms with van der Waals surface area (Å²) in [5.41, 5.74) is 0.671. The molecule has 2 atom stereocenters. The quantitative estimate of drug-likeness (QED) is 0.775. The molecule has 0 spiro atoms. The van der Waals surface area contributed by atoms with E-state index < -0.39 is 6.10 Å². The molecule has 0 radical (unpaired) electrons. The maximum atomic E-state index is 12.8. The van der Waals surface area contributed by atoms with Crippen molar-refractivity contribution in [3.63, 3.8) is 0 Å². The van der Waals surface area contributed by atoms with E-state index in [1.807, 2.05) is 0 Å². The number of β-amino-alcohol motifs (C(OH)–C–C–N with tert-alkyl or cyclic N) is 1. The maximum absolute atomic E-state index is 12.8. The number of nitrogens with zero attached hydrogens (tertiary/aromatic N) is 2. The highest BCUT2D eigenvalue weighted by molar-refractivity contribution is 5.98. The van der Waals surface area contributed by atoms with Gasteiger partial charge in [-0.05, 0) is 32.0 Å². The van der Waals surface area contributed by atoms with Gasteiger partial charge < -0.3 is 24.8 Å². The number of aliphatic hydroxyl groups is 1. The summed E-state index contributed by atoms with van der Waals surface area (Å²) in [5.74, 6) is 0.547. The molecule has 1 aromatic rings. The third-order valence-electron chi connectivity index (χ3n) is 5.38. The molecule has 1 saturated heterocycles. The van der Waals surface area contributed by atoms with Crippen molar-refractivity contribution in [1.82, 2.24) is 10.2 Å². The van der Waals surface area contributed by atoms with Crippen LogP contribution in [0.1, 0.15) is 48.5 Å². The Labute approximate surface area is 166 Å². The number of rotatable bonds is 6. The molecule has 3 rings (SSSR count). The van der Waals surface area contributed by atoms with E-state index in [1.165, 1.54) is 6.07 Å². The number of piperidine rings is 1. The van der Waals surface area contributed by atoms with Gasteiger partial charge in [-0.15, -0.1) is 0 Å². The highest BCUT2D eigenvalue weighted by Crippen LogP contribution is 2.35. The number of hydrogen-bond acceptors (Lipinski definition) is 6. The molecule has 7 nitrogen and oxygen atoms in total. The van der Waals surface area contributed by atoms with Crippen LogP contribution in [0.4, 0.5) is 0 Å². The summed E-state index contributed by atoms with van der Waals surface area (Å²) in [5, 5.41) is 22.6. The van der Waals surface area contributed by atoms with Crippen LogP contribution in [-0.2, 0) is 0 Å². The summed E-state index contributed by atoms with van der Waals surface area (Å²) in [6.07, 6.45) is 3.40. The number of nitriles is 1. The Morgan fingerprint density at radius 2 is 2.21 bits per heavy atom. The minimum atomic E-state index is -0.451. The molecule has 0 bridgehead atoms. The zero-order chi connectivity index (χ0) is 19.9. The Kier molecular flexibility index (Phi) is 7.12. The first kappa shape index (κ1) is 20.4. The summed E-state index contributed by atoms with van der Waals surface area (Å²) >= 11 is 0. The zero-order valence-corrected chi connectivity index (χ0v) is 16.4. The fraction of sp³-hybridized carbons (Fsp3) is 0.619. The molecule has 7 heteroatoms. The molecule has 1 amide bonds. The molecule has 1 aromatic carbocycles. The lowest BCUT2D eigenvalue weighted by Crippen LogP contribution is -2.47. The smallest absolute Gasteiger partial charge is 0.255 e. The second-order valence-electron chi connectivity index (χ2n) is 7.49. The number of unbranched alkanes of at least 4 members (excludes halogenated alkanes) is 1. The Balaban J connectivity index is 1.63. The van der Waals surface area contributed by atoms with Crippen molar-refractivity contribution in [2.24, 2.45) is 5.92 Å². The van der Waals surface area contributed by atoms with Crippen molar-refractivity contribution in [2.75, 3.05) is 39.4 Å². The highest BCUT2D eigenvalue weighted by Gasteiger charge is 2.28. The van der Waals surface area contributed by atoms with E-state index >= 15 is 0 Å². The van der Waals surface area contributed by atoms with Gasteiger partial charge in [0, 0.05) is 31.5 Å². The van der Waals surface area contributed by atoms with E-state index in [4.69, 9.17) is 9.47 Å². The van der Waals surface area contributed by atoms with Crippen molar-refractivity contribution >= 4 is 5.91 Å². The molecule has 1 fully saturated rings. The van der Waals surface area contributed by atoms with Crippen LogP contribution in [0, 0.1) is 17.2 Å². The fourth-order valence-corrected chi connectivity index (χ4v) is 3.69. The van der Waals surface area contributed by atoms with Crippen LogP contribution in [0.25, 0.3) is 0 Å². The predicted molar refractivity (Wildman–Crippen MR) is 105 cm³/mol. The highest BCUT2D eigenvalue weighted by atomic mass is 16.5. The second kappa shape index (κ2) is 9.76. The van der Waals surface area contributed by atoms with Gasteiger partial charge in [0.25, 0.3) is 5.91 Å². The van der Waals surface area contributed by atoms with Gasteiger partial charge in [0.15, 0.2) is 11.5 Å². The van der Waals surface area contributed by atoms with Gasteiger partial charge in [-0.3, -0.25) is 4.79 Å². The summed E-state index contributed by atoms with van der Waals surface area (Å²) in [6, 6.07) is 5.20. The van der Waals surface area contributed by atoms with Crippen molar-refractivity contribution in [2.45, 2.75) is 38.7 Å². The van der Waals surface area contributed by atoms with Gasteiger partial charge in [-0.1, -0.05) is 13.3 Å². The molecule has 0 aromatic heterocycles. The molecular weight excluding hydrogens is 358 g/mol. The third kappa shape index (κ3) is 4.94. The topological polar surface area (TPSA) is 94.8 Å². The number of fused-ring (bicyclic) bond motifs is 1. The molecule has 2 aliphatic heterocycles. The van der Waals surface area contributed by atoms with E-state index in [1.54, 1.807) is 6.07 Å². The van der Waals surface area contributed by atoms with Gasteiger partial charge in [0.1, 0.15) is 0 Å². The molecule has 0 saturated carbocycles. The normalized spacial score (nSPS) is 22.2. The lowest BCUT2D eigenvalue weighted by Gasteiger charge is -2.36. The molecular formula is C21H29N3O4. The molecule has 28 heavy (non-hydrogen) atoms. The number of carbonyl (C=O) groups excluding carboxylic acids is 1. The van der Waals surface area contributed by atoms with Gasteiger partial charge in [-0.25, -0.2) is 0 Å². The fourth-order valence-electron chi connectivity index (χ4n) is 3.69. The summed E-state index contributed by atoms with van der Waals surface area (Å²) < 4.78 is 11.3. The number of ether oxygens (including phenoxy) is 2. The summed E-state index contributed by atoms with van der Waals surface area (Å²) in [7, 11) is 0. The van der Waals surface area contributed by atoms with Crippen LogP contribution in [-0.4, -0.2) is 61.4 Å².